The molecular weight excluding hydrogens is 244 g/mol. The predicted molar refractivity (Wildman–Crippen MR) is 88.0 cm³/mol. The molecule has 2 nitrogen and oxygen atoms in total. The Labute approximate surface area is 126 Å². The number of rotatable bonds is 5. The van der Waals surface area contributed by atoms with Crippen LogP contribution in [0.25, 0.3) is 0 Å². The fourth-order valence-corrected chi connectivity index (χ4v) is 4.40. The van der Waals surface area contributed by atoms with Crippen molar-refractivity contribution in [2.24, 2.45) is 16.7 Å². The fourth-order valence-electron chi connectivity index (χ4n) is 4.40. The average molecular weight is 280 g/mol. The lowest BCUT2D eigenvalue weighted by molar-refractivity contribution is 0.0622. The molecule has 2 aliphatic rings. The van der Waals surface area contributed by atoms with E-state index in [1.54, 1.807) is 0 Å². The van der Waals surface area contributed by atoms with E-state index < -0.39 is 0 Å². The van der Waals surface area contributed by atoms with E-state index in [9.17, 15) is 0 Å². The number of nitrogens with one attached hydrogen (secondary N) is 1. The summed E-state index contributed by atoms with van der Waals surface area (Å²) >= 11 is 0. The first kappa shape index (κ1) is 16.3. The van der Waals surface area contributed by atoms with Crippen molar-refractivity contribution in [1.82, 2.24) is 10.2 Å². The molecule has 1 aliphatic carbocycles. The van der Waals surface area contributed by atoms with E-state index in [1.165, 1.54) is 38.9 Å². The molecule has 0 aromatic rings. The highest BCUT2D eigenvalue weighted by molar-refractivity contribution is 5.14. The van der Waals surface area contributed by atoms with Gasteiger partial charge in [-0.2, -0.15) is 0 Å². The second kappa shape index (κ2) is 5.28. The summed E-state index contributed by atoms with van der Waals surface area (Å²) in [5.74, 6) is 0.855. The van der Waals surface area contributed by atoms with Crippen LogP contribution in [0.2, 0.25) is 0 Å². The van der Waals surface area contributed by atoms with Crippen molar-refractivity contribution >= 4 is 0 Å². The highest BCUT2D eigenvalue weighted by atomic mass is 15.3. The Morgan fingerprint density at radius 2 is 1.55 bits per heavy atom. The highest BCUT2D eigenvalue weighted by Gasteiger charge is 2.64. The van der Waals surface area contributed by atoms with Gasteiger partial charge in [-0.05, 0) is 36.0 Å². The molecule has 1 heterocycles. The zero-order chi connectivity index (χ0) is 15.2. The van der Waals surface area contributed by atoms with Gasteiger partial charge in [-0.25, -0.2) is 0 Å². The summed E-state index contributed by atoms with van der Waals surface area (Å²) < 4.78 is 0. The third-order valence-corrected chi connectivity index (χ3v) is 7.30. The maximum absolute atomic E-state index is 3.86. The Bertz CT molecular complexity index is 327. The molecule has 2 fully saturated rings. The summed E-state index contributed by atoms with van der Waals surface area (Å²) in [5, 5.41) is 3.86. The summed E-state index contributed by atoms with van der Waals surface area (Å²) in [6.45, 7) is 20.5. The summed E-state index contributed by atoms with van der Waals surface area (Å²) in [7, 11) is 0. The standard InChI is InChI=1S/C18H36N2/c1-8-14-11-19-18(9-2,10-3)13-20(14)12-15-16(4,5)17(15,6)7/h14-15,19H,8-13H2,1-7H3. The van der Waals surface area contributed by atoms with Crippen molar-refractivity contribution in [2.75, 3.05) is 19.6 Å². The second-order valence-electron chi connectivity index (χ2n) is 8.36. The minimum absolute atomic E-state index is 0.356. The molecule has 0 aromatic heterocycles. The van der Waals surface area contributed by atoms with Gasteiger partial charge in [0.05, 0.1) is 0 Å². The van der Waals surface area contributed by atoms with Gasteiger partial charge in [-0.1, -0.05) is 48.5 Å². The zero-order valence-electron chi connectivity index (χ0n) is 14.8. The van der Waals surface area contributed by atoms with E-state index in [4.69, 9.17) is 0 Å². The molecule has 0 spiro atoms. The van der Waals surface area contributed by atoms with Crippen molar-refractivity contribution < 1.29 is 0 Å². The third kappa shape index (κ3) is 2.43. The van der Waals surface area contributed by atoms with Gasteiger partial charge >= 0.3 is 0 Å². The Balaban J connectivity index is 2.07. The first-order valence-electron chi connectivity index (χ1n) is 8.73. The van der Waals surface area contributed by atoms with Crippen LogP contribution in [0.1, 0.15) is 67.7 Å². The van der Waals surface area contributed by atoms with Crippen molar-refractivity contribution in [3.63, 3.8) is 0 Å². The Kier molecular flexibility index (Phi) is 4.30. The molecule has 20 heavy (non-hydrogen) atoms. The van der Waals surface area contributed by atoms with Crippen LogP contribution in [0.4, 0.5) is 0 Å². The molecule has 1 saturated carbocycles. The molecule has 0 aromatic carbocycles. The van der Waals surface area contributed by atoms with Gasteiger partial charge in [-0.15, -0.1) is 0 Å². The number of hydrogen-bond donors (Lipinski definition) is 1. The fraction of sp³-hybridized carbons (Fsp3) is 1.00. The van der Waals surface area contributed by atoms with Crippen molar-refractivity contribution in [1.29, 1.82) is 0 Å². The molecule has 0 radical (unpaired) electrons. The van der Waals surface area contributed by atoms with Crippen molar-refractivity contribution in [3.05, 3.63) is 0 Å². The summed E-state index contributed by atoms with van der Waals surface area (Å²) in [6, 6.07) is 0.730. The summed E-state index contributed by atoms with van der Waals surface area (Å²) in [4.78, 5) is 2.81. The van der Waals surface area contributed by atoms with E-state index in [-0.39, 0.29) is 0 Å². The molecule has 1 N–H and O–H groups in total. The number of nitrogens with zero attached hydrogens (tertiary/aromatic N) is 1. The predicted octanol–water partition coefficient (Wildman–Crippen LogP) is 3.91. The van der Waals surface area contributed by atoms with Crippen molar-refractivity contribution in [3.8, 4) is 0 Å². The van der Waals surface area contributed by atoms with E-state index >= 15 is 0 Å². The number of hydrogen-bond acceptors (Lipinski definition) is 2. The van der Waals surface area contributed by atoms with Gasteiger partial charge in [0.25, 0.3) is 0 Å². The Morgan fingerprint density at radius 1 is 1.00 bits per heavy atom. The lowest BCUT2D eigenvalue weighted by Crippen LogP contribution is -2.64. The van der Waals surface area contributed by atoms with Crippen molar-refractivity contribution in [2.45, 2.75) is 79.3 Å². The first-order valence-corrected chi connectivity index (χ1v) is 8.73. The lowest BCUT2D eigenvalue weighted by Gasteiger charge is -2.48. The van der Waals surface area contributed by atoms with Crippen LogP contribution in [0.5, 0.6) is 0 Å². The molecular formula is C18H36N2. The SMILES string of the molecule is CCC1CNC(CC)(CC)CN1CC1C(C)(C)C1(C)C. The van der Waals surface area contributed by atoms with Gasteiger partial charge in [0, 0.05) is 31.2 Å². The number of piperazine rings is 1. The molecule has 2 heteroatoms. The van der Waals surface area contributed by atoms with E-state index in [0.29, 0.717) is 16.4 Å². The largest absolute Gasteiger partial charge is 0.308 e. The molecule has 1 aliphatic heterocycles. The van der Waals surface area contributed by atoms with Crippen LogP contribution >= 0.6 is 0 Å². The van der Waals surface area contributed by atoms with E-state index in [1.807, 2.05) is 0 Å². The normalized spacial score (nSPS) is 32.2. The average Bonchev–Trinajstić information content (AvgIpc) is 2.81. The summed E-state index contributed by atoms with van der Waals surface area (Å²) in [6.07, 6.45) is 3.76. The lowest BCUT2D eigenvalue weighted by atomic mass is 9.87. The van der Waals surface area contributed by atoms with Crippen LogP contribution < -0.4 is 5.32 Å². The monoisotopic (exact) mass is 280 g/mol. The quantitative estimate of drug-likeness (QED) is 0.821. The van der Waals surface area contributed by atoms with E-state index in [2.05, 4.69) is 58.7 Å². The minimum Gasteiger partial charge on any atom is -0.308 e. The van der Waals surface area contributed by atoms with Crippen LogP contribution in [0.15, 0.2) is 0 Å². The van der Waals surface area contributed by atoms with Gasteiger partial charge in [-0.3, -0.25) is 4.90 Å². The molecule has 0 amide bonds. The molecule has 1 atom stereocenters. The van der Waals surface area contributed by atoms with Crippen LogP contribution in [-0.4, -0.2) is 36.1 Å². The van der Waals surface area contributed by atoms with Gasteiger partial charge in [0.1, 0.15) is 0 Å². The van der Waals surface area contributed by atoms with Crippen LogP contribution in [0.3, 0.4) is 0 Å². The Morgan fingerprint density at radius 3 is 1.95 bits per heavy atom. The van der Waals surface area contributed by atoms with Gasteiger partial charge in [0.2, 0.25) is 0 Å². The summed E-state index contributed by atoms with van der Waals surface area (Å²) in [5.41, 5.74) is 1.38. The van der Waals surface area contributed by atoms with Gasteiger partial charge < -0.3 is 5.32 Å². The zero-order valence-corrected chi connectivity index (χ0v) is 14.8. The van der Waals surface area contributed by atoms with Gasteiger partial charge in [0.15, 0.2) is 0 Å². The first-order chi connectivity index (χ1) is 9.24. The molecule has 118 valence electrons. The molecule has 2 rings (SSSR count). The maximum Gasteiger partial charge on any atom is 0.0304 e. The molecule has 1 saturated heterocycles. The second-order valence-corrected chi connectivity index (χ2v) is 8.36. The smallest absolute Gasteiger partial charge is 0.0304 e. The van der Waals surface area contributed by atoms with E-state index in [0.717, 1.165) is 12.0 Å². The van der Waals surface area contributed by atoms with Crippen LogP contribution in [0, 0.1) is 16.7 Å². The molecule has 0 bridgehead atoms. The molecule has 1 unspecified atom stereocenters. The topological polar surface area (TPSA) is 15.3 Å². The third-order valence-electron chi connectivity index (χ3n) is 7.30. The maximum atomic E-state index is 3.86. The highest BCUT2D eigenvalue weighted by Crippen LogP contribution is 2.68. The Hall–Kier alpha value is -0.0800. The minimum atomic E-state index is 0.356. The van der Waals surface area contributed by atoms with Crippen LogP contribution in [-0.2, 0) is 0 Å².